The van der Waals surface area contributed by atoms with Gasteiger partial charge in [-0.05, 0) is 79.6 Å². The summed E-state index contributed by atoms with van der Waals surface area (Å²) in [6, 6.07) is 13.2. The van der Waals surface area contributed by atoms with E-state index in [1.807, 2.05) is 18.2 Å². The summed E-state index contributed by atoms with van der Waals surface area (Å²) in [6.45, 7) is 5.13. The Morgan fingerprint density at radius 2 is 1.53 bits per heavy atom. The van der Waals surface area contributed by atoms with E-state index in [1.165, 1.54) is 11.1 Å². The highest BCUT2D eigenvalue weighted by Gasteiger charge is 2.37. The standard InChI is InChI=1S/C28H38N2O4/c1-19(2)28(18-29,22-10-11-24(31-4)27(16-22)34-7)12-8-9-23-13-20-14-25(32-5)26(33-6)15-21(20)17-30(23)3/h10-11,14-16,19,23H,8-9,12-13,17H2,1-7H3/t23-,28+/m1/s1. The van der Waals surface area contributed by atoms with Crippen molar-refractivity contribution in [2.24, 2.45) is 5.92 Å². The van der Waals surface area contributed by atoms with Gasteiger partial charge in [0.25, 0.3) is 0 Å². The predicted molar refractivity (Wildman–Crippen MR) is 134 cm³/mol. The van der Waals surface area contributed by atoms with Crippen molar-refractivity contribution in [2.45, 2.75) is 57.5 Å². The number of rotatable bonds is 10. The molecule has 2 aromatic carbocycles. The lowest BCUT2D eigenvalue weighted by atomic mass is 9.69. The van der Waals surface area contributed by atoms with Crippen molar-refractivity contribution >= 4 is 0 Å². The first-order valence-electron chi connectivity index (χ1n) is 11.9. The number of ether oxygens (including phenoxy) is 4. The number of fused-ring (bicyclic) bond motifs is 1. The first-order valence-corrected chi connectivity index (χ1v) is 11.9. The average molecular weight is 467 g/mol. The highest BCUT2D eigenvalue weighted by molar-refractivity contribution is 5.49. The van der Waals surface area contributed by atoms with Gasteiger partial charge in [0.1, 0.15) is 0 Å². The van der Waals surface area contributed by atoms with Gasteiger partial charge in [-0.2, -0.15) is 5.26 Å². The molecule has 1 aliphatic rings. The molecule has 0 aliphatic carbocycles. The normalized spacial score (nSPS) is 17.4. The van der Waals surface area contributed by atoms with Gasteiger partial charge in [-0.25, -0.2) is 0 Å². The fraction of sp³-hybridized carbons (Fsp3) is 0.536. The van der Waals surface area contributed by atoms with E-state index in [-0.39, 0.29) is 5.92 Å². The van der Waals surface area contributed by atoms with Crippen molar-refractivity contribution in [3.8, 4) is 29.1 Å². The van der Waals surface area contributed by atoms with Crippen LogP contribution < -0.4 is 18.9 Å². The second-order valence-corrected chi connectivity index (χ2v) is 9.45. The van der Waals surface area contributed by atoms with Gasteiger partial charge in [-0.15, -0.1) is 0 Å². The molecular formula is C28H38N2O4. The number of hydrogen-bond acceptors (Lipinski definition) is 6. The maximum Gasteiger partial charge on any atom is 0.161 e. The Bertz CT molecular complexity index is 1030. The molecule has 0 saturated heterocycles. The molecule has 34 heavy (non-hydrogen) atoms. The number of hydrogen-bond donors (Lipinski definition) is 0. The monoisotopic (exact) mass is 466 g/mol. The molecule has 0 fully saturated rings. The highest BCUT2D eigenvalue weighted by Crippen LogP contribution is 2.41. The smallest absolute Gasteiger partial charge is 0.161 e. The third kappa shape index (κ3) is 4.95. The fourth-order valence-electron chi connectivity index (χ4n) is 5.18. The van der Waals surface area contributed by atoms with E-state index in [0.29, 0.717) is 17.5 Å². The van der Waals surface area contributed by atoms with Crippen LogP contribution >= 0.6 is 0 Å². The predicted octanol–water partition coefficient (Wildman–Crippen LogP) is 5.37. The van der Waals surface area contributed by atoms with Gasteiger partial charge >= 0.3 is 0 Å². The van der Waals surface area contributed by atoms with Crippen molar-refractivity contribution in [1.82, 2.24) is 4.90 Å². The summed E-state index contributed by atoms with van der Waals surface area (Å²) < 4.78 is 21.9. The van der Waals surface area contributed by atoms with E-state index in [4.69, 9.17) is 18.9 Å². The third-order valence-electron chi connectivity index (χ3n) is 7.40. The van der Waals surface area contributed by atoms with Crippen molar-refractivity contribution in [3.05, 3.63) is 47.0 Å². The van der Waals surface area contributed by atoms with Crippen LogP contribution in [0.15, 0.2) is 30.3 Å². The van der Waals surface area contributed by atoms with Crippen LogP contribution in [0.4, 0.5) is 0 Å². The minimum Gasteiger partial charge on any atom is -0.493 e. The SMILES string of the molecule is COc1ccc([C@](C#N)(CCC[C@@H]2Cc3cc(OC)c(OC)cc3CN2C)C(C)C)cc1OC. The van der Waals surface area contributed by atoms with Gasteiger partial charge in [0.15, 0.2) is 23.0 Å². The second-order valence-electron chi connectivity index (χ2n) is 9.45. The quantitative estimate of drug-likeness (QED) is 0.469. The van der Waals surface area contributed by atoms with Crippen LogP contribution in [0.2, 0.25) is 0 Å². The van der Waals surface area contributed by atoms with Gasteiger partial charge < -0.3 is 18.9 Å². The Hall–Kier alpha value is -2.91. The Morgan fingerprint density at radius 1 is 0.941 bits per heavy atom. The number of methoxy groups -OCH3 is 4. The van der Waals surface area contributed by atoms with E-state index in [0.717, 1.165) is 49.3 Å². The maximum atomic E-state index is 10.4. The van der Waals surface area contributed by atoms with Crippen LogP contribution in [0.25, 0.3) is 0 Å². The summed E-state index contributed by atoms with van der Waals surface area (Å²) >= 11 is 0. The molecule has 2 atom stereocenters. The van der Waals surface area contributed by atoms with E-state index in [1.54, 1.807) is 28.4 Å². The molecule has 1 aliphatic heterocycles. The summed E-state index contributed by atoms with van der Waals surface area (Å²) in [5.74, 6) is 3.06. The molecule has 1 heterocycles. The third-order valence-corrected chi connectivity index (χ3v) is 7.40. The zero-order valence-electron chi connectivity index (χ0n) is 21.6. The Kier molecular flexibility index (Phi) is 8.33. The minimum absolute atomic E-state index is 0.164. The van der Waals surface area contributed by atoms with Gasteiger partial charge in [-0.1, -0.05) is 19.9 Å². The number of likely N-dealkylation sites (N-methyl/N-ethyl adjacent to an activating group) is 1. The zero-order chi connectivity index (χ0) is 24.9. The Labute approximate surface area is 204 Å². The lowest BCUT2D eigenvalue weighted by Crippen LogP contribution is -2.38. The van der Waals surface area contributed by atoms with Crippen molar-refractivity contribution in [3.63, 3.8) is 0 Å². The molecule has 0 amide bonds. The largest absolute Gasteiger partial charge is 0.493 e. The van der Waals surface area contributed by atoms with E-state index in [2.05, 4.69) is 44.0 Å². The summed E-state index contributed by atoms with van der Waals surface area (Å²) in [7, 11) is 8.79. The summed E-state index contributed by atoms with van der Waals surface area (Å²) in [4.78, 5) is 2.41. The molecule has 6 nitrogen and oxygen atoms in total. The lowest BCUT2D eigenvalue weighted by molar-refractivity contribution is 0.194. The molecule has 0 unspecified atom stereocenters. The van der Waals surface area contributed by atoms with E-state index in [9.17, 15) is 5.26 Å². The molecule has 2 aromatic rings. The topological polar surface area (TPSA) is 64.0 Å². The zero-order valence-corrected chi connectivity index (χ0v) is 21.6. The Morgan fingerprint density at radius 3 is 2.09 bits per heavy atom. The van der Waals surface area contributed by atoms with Crippen LogP contribution in [0, 0.1) is 17.2 Å². The molecule has 184 valence electrons. The maximum absolute atomic E-state index is 10.4. The van der Waals surface area contributed by atoms with Gasteiger partial charge in [0, 0.05) is 12.6 Å². The second kappa shape index (κ2) is 11.0. The van der Waals surface area contributed by atoms with Gasteiger partial charge in [0.2, 0.25) is 0 Å². The molecule has 6 heteroatoms. The molecule has 0 aromatic heterocycles. The van der Waals surface area contributed by atoms with Crippen LogP contribution in [-0.4, -0.2) is 46.4 Å². The Balaban J connectivity index is 1.77. The number of nitrogens with zero attached hydrogens (tertiary/aromatic N) is 2. The van der Waals surface area contributed by atoms with Crippen LogP contribution in [-0.2, 0) is 18.4 Å². The fourth-order valence-corrected chi connectivity index (χ4v) is 5.18. The molecule has 0 saturated carbocycles. The number of nitriles is 1. The number of benzene rings is 2. The molecule has 0 N–H and O–H groups in total. The molecule has 0 spiro atoms. The van der Waals surface area contributed by atoms with Crippen molar-refractivity contribution < 1.29 is 18.9 Å². The van der Waals surface area contributed by atoms with Crippen LogP contribution in [0.1, 0.15) is 49.8 Å². The van der Waals surface area contributed by atoms with Crippen LogP contribution in [0.5, 0.6) is 23.0 Å². The van der Waals surface area contributed by atoms with Gasteiger partial charge in [0.05, 0.1) is 39.9 Å². The van der Waals surface area contributed by atoms with E-state index < -0.39 is 5.41 Å². The van der Waals surface area contributed by atoms with Gasteiger partial charge in [-0.3, -0.25) is 4.90 Å². The molecular weight excluding hydrogens is 428 g/mol. The molecule has 0 bridgehead atoms. The summed E-state index contributed by atoms with van der Waals surface area (Å²) in [5.41, 5.74) is 3.01. The first-order chi connectivity index (χ1) is 16.3. The van der Waals surface area contributed by atoms with E-state index >= 15 is 0 Å². The minimum atomic E-state index is -0.582. The molecule has 0 radical (unpaired) electrons. The van der Waals surface area contributed by atoms with Crippen LogP contribution in [0.3, 0.4) is 0 Å². The van der Waals surface area contributed by atoms with Crippen molar-refractivity contribution in [2.75, 3.05) is 35.5 Å². The summed E-state index contributed by atoms with van der Waals surface area (Å²) in [5, 5.41) is 10.4. The van der Waals surface area contributed by atoms with Crippen molar-refractivity contribution in [1.29, 1.82) is 5.26 Å². The average Bonchev–Trinajstić information content (AvgIpc) is 2.85. The highest BCUT2D eigenvalue weighted by atomic mass is 16.5. The summed E-state index contributed by atoms with van der Waals surface area (Å²) in [6.07, 6.45) is 3.73. The lowest BCUT2D eigenvalue weighted by Gasteiger charge is -2.36. The first kappa shape index (κ1) is 25.7. The molecule has 3 rings (SSSR count).